The lowest BCUT2D eigenvalue weighted by Gasteiger charge is -2.12. The molecule has 0 saturated carbocycles. The van der Waals surface area contributed by atoms with Crippen LogP contribution in [0.2, 0.25) is 0 Å². The van der Waals surface area contributed by atoms with Gasteiger partial charge >= 0.3 is 6.36 Å². The molecule has 1 aromatic carbocycles. The Labute approximate surface area is 114 Å². The molecule has 0 aliphatic carbocycles. The van der Waals surface area contributed by atoms with E-state index in [1.165, 1.54) is 24.4 Å². The topological polar surface area (TPSA) is 27.1 Å². The number of aryl methyl sites for hydroxylation is 1. The number of benzene rings is 1. The quantitative estimate of drug-likeness (QED) is 0.805. The molecule has 0 bridgehead atoms. The van der Waals surface area contributed by atoms with Gasteiger partial charge in [-0.25, -0.2) is 0 Å². The Bertz CT molecular complexity index is 653. The maximum atomic E-state index is 12.4. The van der Waals surface area contributed by atoms with Gasteiger partial charge in [0, 0.05) is 29.4 Å². The molecule has 104 valence electrons. The van der Waals surface area contributed by atoms with E-state index in [-0.39, 0.29) is 11.3 Å². The zero-order chi connectivity index (χ0) is 14.8. The van der Waals surface area contributed by atoms with Crippen LogP contribution < -0.4 is 4.74 Å². The van der Waals surface area contributed by atoms with Gasteiger partial charge in [-0.3, -0.25) is 4.68 Å². The first-order valence-corrected chi connectivity index (χ1v) is 5.82. The van der Waals surface area contributed by atoms with Crippen molar-refractivity contribution in [2.75, 3.05) is 0 Å². The van der Waals surface area contributed by atoms with Crippen LogP contribution in [-0.2, 0) is 6.54 Å². The van der Waals surface area contributed by atoms with Gasteiger partial charge in [0.15, 0.2) is 0 Å². The van der Waals surface area contributed by atoms with Crippen molar-refractivity contribution in [1.82, 2.24) is 9.78 Å². The predicted molar refractivity (Wildman–Crippen MR) is 68.0 cm³/mol. The summed E-state index contributed by atoms with van der Waals surface area (Å²) in [6.07, 6.45) is 3.63. The summed E-state index contributed by atoms with van der Waals surface area (Å²) in [5.74, 6) is 2.09. The highest BCUT2D eigenvalue weighted by atomic mass is 19.4. The zero-order valence-electron chi connectivity index (χ0n) is 10.6. The van der Waals surface area contributed by atoms with Crippen molar-refractivity contribution in [2.24, 2.45) is 0 Å². The minimum atomic E-state index is -4.76. The molecule has 3 nitrogen and oxygen atoms in total. The Hall–Kier alpha value is -2.42. The summed E-state index contributed by atoms with van der Waals surface area (Å²) in [6, 6.07) is 4.08. The highest BCUT2D eigenvalue weighted by molar-refractivity contribution is 5.71. The summed E-state index contributed by atoms with van der Waals surface area (Å²) >= 11 is 0. The van der Waals surface area contributed by atoms with Crippen molar-refractivity contribution in [3.63, 3.8) is 0 Å². The molecule has 0 aliphatic rings. The number of hydrogen-bond acceptors (Lipinski definition) is 2. The molecule has 1 heterocycles. The molecule has 2 rings (SSSR count). The molecular formula is C14H11F3N2O. The summed E-state index contributed by atoms with van der Waals surface area (Å²) in [7, 11) is 0. The monoisotopic (exact) mass is 280 g/mol. The number of aromatic nitrogens is 2. The van der Waals surface area contributed by atoms with Crippen LogP contribution >= 0.6 is 0 Å². The van der Waals surface area contributed by atoms with Gasteiger partial charge in [-0.1, -0.05) is 5.92 Å². The fraction of sp³-hybridized carbons (Fsp3) is 0.214. The van der Waals surface area contributed by atoms with Crippen LogP contribution in [0.15, 0.2) is 30.6 Å². The highest BCUT2D eigenvalue weighted by Gasteiger charge is 2.32. The van der Waals surface area contributed by atoms with E-state index in [2.05, 4.69) is 15.8 Å². The number of rotatable bonds is 3. The first-order valence-electron chi connectivity index (χ1n) is 5.82. The lowest BCUT2D eigenvalue weighted by atomic mass is 10.1. The Morgan fingerprint density at radius 2 is 2.15 bits per heavy atom. The van der Waals surface area contributed by atoms with E-state index in [1.54, 1.807) is 10.9 Å². The molecule has 0 fully saturated rings. The van der Waals surface area contributed by atoms with Crippen LogP contribution in [0.5, 0.6) is 5.75 Å². The van der Waals surface area contributed by atoms with E-state index in [4.69, 9.17) is 6.42 Å². The maximum absolute atomic E-state index is 12.4. The van der Waals surface area contributed by atoms with Gasteiger partial charge in [0.25, 0.3) is 0 Å². The molecule has 0 saturated heterocycles. The molecule has 0 spiro atoms. The highest BCUT2D eigenvalue weighted by Crippen LogP contribution is 2.34. The summed E-state index contributed by atoms with van der Waals surface area (Å²) in [6.45, 7) is 2.49. The van der Waals surface area contributed by atoms with Crippen LogP contribution in [0.4, 0.5) is 13.2 Å². The predicted octanol–water partition coefficient (Wildman–Crippen LogP) is 3.45. The van der Waals surface area contributed by atoms with Crippen LogP contribution in [0, 0.1) is 12.3 Å². The molecular weight excluding hydrogens is 269 g/mol. The smallest absolute Gasteiger partial charge is 0.405 e. The third-order valence-electron chi connectivity index (χ3n) is 2.64. The van der Waals surface area contributed by atoms with Gasteiger partial charge in [0.2, 0.25) is 0 Å². The average Bonchev–Trinajstić information content (AvgIpc) is 2.86. The van der Waals surface area contributed by atoms with E-state index in [0.29, 0.717) is 17.7 Å². The standard InChI is InChI=1S/C14H11F3N2O/c1-3-10-5-6-13(20-14(15,16)17)12(7-10)11-8-18-19(4-2)9-11/h1,5-9H,4H2,2H3. The Balaban J connectivity index is 2.50. The van der Waals surface area contributed by atoms with Crippen molar-refractivity contribution >= 4 is 0 Å². The molecule has 20 heavy (non-hydrogen) atoms. The Morgan fingerprint density at radius 3 is 2.70 bits per heavy atom. The van der Waals surface area contributed by atoms with Gasteiger partial charge in [-0.15, -0.1) is 19.6 Å². The minimum Gasteiger partial charge on any atom is -0.405 e. The SMILES string of the molecule is C#Cc1ccc(OC(F)(F)F)c(-c2cnn(CC)c2)c1. The van der Waals surface area contributed by atoms with E-state index < -0.39 is 6.36 Å². The molecule has 0 aliphatic heterocycles. The second kappa shape index (κ2) is 5.29. The molecule has 0 unspecified atom stereocenters. The summed E-state index contributed by atoms with van der Waals surface area (Å²) in [4.78, 5) is 0. The zero-order valence-corrected chi connectivity index (χ0v) is 10.6. The van der Waals surface area contributed by atoms with Gasteiger partial charge in [-0.05, 0) is 25.1 Å². The molecule has 0 radical (unpaired) electrons. The molecule has 0 atom stereocenters. The van der Waals surface area contributed by atoms with E-state index in [9.17, 15) is 13.2 Å². The summed E-state index contributed by atoms with van der Waals surface area (Å²) in [5.41, 5.74) is 1.25. The van der Waals surface area contributed by atoms with Gasteiger partial charge in [-0.2, -0.15) is 5.10 Å². The molecule has 1 aromatic heterocycles. The average molecular weight is 280 g/mol. The van der Waals surface area contributed by atoms with E-state index in [0.717, 1.165) is 0 Å². The van der Waals surface area contributed by atoms with Crippen LogP contribution in [-0.4, -0.2) is 16.1 Å². The molecule has 0 N–H and O–H groups in total. The number of ether oxygens (including phenoxy) is 1. The minimum absolute atomic E-state index is 0.262. The van der Waals surface area contributed by atoms with Crippen molar-refractivity contribution < 1.29 is 17.9 Å². The number of alkyl halides is 3. The third kappa shape index (κ3) is 3.12. The first-order chi connectivity index (χ1) is 9.43. The Kier molecular flexibility index (Phi) is 3.70. The Morgan fingerprint density at radius 1 is 1.40 bits per heavy atom. The lowest BCUT2D eigenvalue weighted by molar-refractivity contribution is -0.274. The van der Waals surface area contributed by atoms with Crippen molar-refractivity contribution in [1.29, 1.82) is 0 Å². The largest absolute Gasteiger partial charge is 0.573 e. The van der Waals surface area contributed by atoms with Gasteiger partial charge in [0.05, 0.1) is 6.20 Å². The number of terminal acetylenes is 1. The van der Waals surface area contributed by atoms with Crippen molar-refractivity contribution in [3.8, 4) is 29.2 Å². The fourth-order valence-corrected chi connectivity index (χ4v) is 1.73. The van der Waals surface area contributed by atoms with E-state index >= 15 is 0 Å². The second-order valence-corrected chi connectivity index (χ2v) is 3.99. The third-order valence-corrected chi connectivity index (χ3v) is 2.64. The molecule has 6 heteroatoms. The molecule has 0 amide bonds. The fourth-order valence-electron chi connectivity index (χ4n) is 1.73. The number of halogens is 3. The van der Waals surface area contributed by atoms with Gasteiger partial charge in [0.1, 0.15) is 5.75 Å². The van der Waals surface area contributed by atoms with Crippen LogP contribution in [0.3, 0.4) is 0 Å². The normalized spacial score (nSPS) is 11.2. The maximum Gasteiger partial charge on any atom is 0.573 e. The summed E-state index contributed by atoms with van der Waals surface area (Å²) < 4.78 is 42.9. The van der Waals surface area contributed by atoms with Crippen molar-refractivity contribution in [3.05, 3.63) is 36.2 Å². The van der Waals surface area contributed by atoms with Gasteiger partial charge < -0.3 is 4.74 Å². The molecule has 2 aromatic rings. The van der Waals surface area contributed by atoms with Crippen molar-refractivity contribution in [2.45, 2.75) is 19.8 Å². The van der Waals surface area contributed by atoms with Crippen LogP contribution in [0.1, 0.15) is 12.5 Å². The van der Waals surface area contributed by atoms with E-state index in [1.807, 2.05) is 6.92 Å². The number of nitrogens with zero attached hydrogens (tertiary/aromatic N) is 2. The van der Waals surface area contributed by atoms with Crippen LogP contribution in [0.25, 0.3) is 11.1 Å². The lowest BCUT2D eigenvalue weighted by Crippen LogP contribution is -2.17. The second-order valence-electron chi connectivity index (χ2n) is 3.99. The summed E-state index contributed by atoms with van der Waals surface area (Å²) in [5, 5.41) is 4.03. The number of hydrogen-bond donors (Lipinski definition) is 0. The first kappa shape index (κ1) is 14.0.